The number of ether oxygens (including phenoxy) is 1. The van der Waals surface area contributed by atoms with Crippen molar-refractivity contribution in [2.45, 2.75) is 6.04 Å². The summed E-state index contributed by atoms with van der Waals surface area (Å²) in [5.41, 5.74) is 1.02. The number of nitriles is 1. The second kappa shape index (κ2) is 3.50. The predicted octanol–water partition coefficient (Wildman–Crippen LogP) is 0.816. The van der Waals surface area contributed by atoms with E-state index in [0.29, 0.717) is 17.0 Å². The van der Waals surface area contributed by atoms with Crippen LogP contribution in [-0.4, -0.2) is 23.7 Å². The quantitative estimate of drug-likeness (QED) is 0.707. The summed E-state index contributed by atoms with van der Waals surface area (Å²) in [5.74, 6) is -0.394. The van der Waals surface area contributed by atoms with E-state index >= 15 is 0 Å². The van der Waals surface area contributed by atoms with Crippen molar-refractivity contribution in [2.75, 3.05) is 11.9 Å². The van der Waals surface area contributed by atoms with E-state index in [4.69, 9.17) is 15.1 Å². The second-order valence-electron chi connectivity index (χ2n) is 3.17. The lowest BCUT2D eigenvalue weighted by Crippen LogP contribution is -2.38. The molecule has 1 atom stereocenters. The summed E-state index contributed by atoms with van der Waals surface area (Å²) in [7, 11) is 0. The smallest absolute Gasteiger partial charge is 0.329 e. The maximum absolute atomic E-state index is 10.7. The van der Waals surface area contributed by atoms with Crippen LogP contribution in [0, 0.1) is 11.3 Å². The number of aliphatic carboxylic acids is 1. The zero-order chi connectivity index (χ0) is 10.8. The molecule has 1 aliphatic heterocycles. The molecule has 0 aromatic heterocycles. The van der Waals surface area contributed by atoms with E-state index in [1.54, 1.807) is 18.2 Å². The van der Waals surface area contributed by atoms with E-state index in [0.717, 1.165) is 0 Å². The van der Waals surface area contributed by atoms with Gasteiger partial charge in [-0.25, -0.2) is 4.79 Å². The fourth-order valence-electron chi connectivity index (χ4n) is 1.37. The first-order valence-corrected chi connectivity index (χ1v) is 4.37. The van der Waals surface area contributed by atoms with Gasteiger partial charge in [0, 0.05) is 0 Å². The van der Waals surface area contributed by atoms with Gasteiger partial charge in [0.2, 0.25) is 0 Å². The van der Waals surface area contributed by atoms with E-state index in [9.17, 15) is 4.79 Å². The third-order valence-electron chi connectivity index (χ3n) is 2.14. The van der Waals surface area contributed by atoms with Crippen LogP contribution >= 0.6 is 0 Å². The topological polar surface area (TPSA) is 82.4 Å². The number of carboxylic acids is 1. The fourth-order valence-corrected chi connectivity index (χ4v) is 1.37. The Bertz CT molecular complexity index is 450. The first kappa shape index (κ1) is 9.34. The SMILES string of the molecule is N#Cc1ccc2c(c1)NC(C(=O)O)CO2. The minimum atomic E-state index is -0.969. The first-order chi connectivity index (χ1) is 7.20. The zero-order valence-electron chi connectivity index (χ0n) is 7.73. The summed E-state index contributed by atoms with van der Waals surface area (Å²) in [6, 6.07) is 6.07. The van der Waals surface area contributed by atoms with Crippen LogP contribution in [0.4, 0.5) is 5.69 Å². The highest BCUT2D eigenvalue weighted by atomic mass is 16.5. The minimum absolute atomic E-state index is 0.0915. The Hall–Kier alpha value is -2.22. The van der Waals surface area contributed by atoms with Crippen molar-refractivity contribution in [2.24, 2.45) is 0 Å². The van der Waals surface area contributed by atoms with Crippen LogP contribution in [0.25, 0.3) is 0 Å². The van der Waals surface area contributed by atoms with Gasteiger partial charge in [-0.15, -0.1) is 0 Å². The predicted molar refractivity (Wildman–Crippen MR) is 51.7 cm³/mol. The second-order valence-corrected chi connectivity index (χ2v) is 3.17. The molecule has 1 aliphatic rings. The van der Waals surface area contributed by atoms with Gasteiger partial charge < -0.3 is 15.2 Å². The number of nitrogens with zero attached hydrogens (tertiary/aromatic N) is 1. The molecule has 1 heterocycles. The van der Waals surface area contributed by atoms with Crippen molar-refractivity contribution in [1.82, 2.24) is 0 Å². The maximum atomic E-state index is 10.7. The van der Waals surface area contributed by atoms with E-state index in [1.165, 1.54) is 0 Å². The van der Waals surface area contributed by atoms with Crippen LogP contribution in [0.5, 0.6) is 5.75 Å². The lowest BCUT2D eigenvalue weighted by Gasteiger charge is -2.24. The summed E-state index contributed by atoms with van der Waals surface area (Å²) < 4.78 is 5.24. The summed E-state index contributed by atoms with van der Waals surface area (Å²) >= 11 is 0. The van der Waals surface area contributed by atoms with E-state index < -0.39 is 12.0 Å². The van der Waals surface area contributed by atoms with E-state index in [2.05, 4.69) is 5.32 Å². The summed E-state index contributed by atoms with van der Waals surface area (Å²) in [6.45, 7) is 0.0915. The molecule has 0 radical (unpaired) electrons. The number of carboxylic acid groups (broad SMARTS) is 1. The van der Waals surface area contributed by atoms with Gasteiger partial charge >= 0.3 is 5.97 Å². The molecule has 0 bridgehead atoms. The van der Waals surface area contributed by atoms with Crippen molar-refractivity contribution in [3.05, 3.63) is 23.8 Å². The monoisotopic (exact) mass is 204 g/mol. The minimum Gasteiger partial charge on any atom is -0.489 e. The number of benzene rings is 1. The Morgan fingerprint density at radius 3 is 3.13 bits per heavy atom. The van der Waals surface area contributed by atoms with Crippen molar-refractivity contribution in [1.29, 1.82) is 5.26 Å². The maximum Gasteiger partial charge on any atom is 0.329 e. The van der Waals surface area contributed by atoms with Crippen molar-refractivity contribution >= 4 is 11.7 Å². The van der Waals surface area contributed by atoms with Crippen LogP contribution in [0.2, 0.25) is 0 Å². The summed E-state index contributed by atoms with van der Waals surface area (Å²) in [5, 5.41) is 20.3. The molecule has 1 aromatic rings. The van der Waals surface area contributed by atoms with Crippen LogP contribution < -0.4 is 10.1 Å². The number of hydrogen-bond acceptors (Lipinski definition) is 4. The van der Waals surface area contributed by atoms with Crippen molar-refractivity contribution < 1.29 is 14.6 Å². The molecule has 0 spiro atoms. The average Bonchev–Trinajstić information content (AvgIpc) is 2.27. The molecular formula is C10H8N2O3. The largest absolute Gasteiger partial charge is 0.489 e. The van der Waals surface area contributed by atoms with Gasteiger partial charge in [-0.1, -0.05) is 0 Å². The Morgan fingerprint density at radius 2 is 2.47 bits per heavy atom. The molecule has 2 N–H and O–H groups in total. The standard InChI is InChI=1S/C10H8N2O3/c11-4-6-1-2-9-7(3-6)12-8(5-15-9)10(13)14/h1-3,8,12H,5H2,(H,13,14). The van der Waals surface area contributed by atoms with Crippen molar-refractivity contribution in [3.63, 3.8) is 0 Å². The molecule has 0 saturated carbocycles. The van der Waals surface area contributed by atoms with Gasteiger partial charge in [-0.3, -0.25) is 0 Å². The molecule has 1 aromatic carbocycles. The number of fused-ring (bicyclic) bond motifs is 1. The molecule has 2 rings (SSSR count). The fraction of sp³-hybridized carbons (Fsp3) is 0.200. The molecule has 15 heavy (non-hydrogen) atoms. The van der Waals surface area contributed by atoms with Crippen molar-refractivity contribution in [3.8, 4) is 11.8 Å². The highest BCUT2D eigenvalue weighted by Crippen LogP contribution is 2.29. The number of carbonyl (C=O) groups is 1. The van der Waals surface area contributed by atoms with Gasteiger partial charge in [0.1, 0.15) is 12.4 Å². The van der Waals surface area contributed by atoms with E-state index in [1.807, 2.05) is 6.07 Å². The van der Waals surface area contributed by atoms with Gasteiger partial charge in [-0.2, -0.15) is 5.26 Å². The molecule has 5 nitrogen and oxygen atoms in total. The highest BCUT2D eigenvalue weighted by Gasteiger charge is 2.24. The lowest BCUT2D eigenvalue weighted by molar-refractivity contribution is -0.138. The number of nitrogens with one attached hydrogen (secondary N) is 1. The summed E-state index contributed by atoms with van der Waals surface area (Å²) in [4.78, 5) is 10.7. The third kappa shape index (κ3) is 1.70. The number of anilines is 1. The Morgan fingerprint density at radius 1 is 1.67 bits per heavy atom. The van der Waals surface area contributed by atoms with Crippen LogP contribution in [0.15, 0.2) is 18.2 Å². The van der Waals surface area contributed by atoms with Gasteiger partial charge in [0.05, 0.1) is 17.3 Å². The van der Waals surface area contributed by atoms with Gasteiger partial charge in [0.25, 0.3) is 0 Å². The molecule has 0 amide bonds. The number of hydrogen-bond donors (Lipinski definition) is 2. The molecule has 5 heteroatoms. The molecule has 0 aliphatic carbocycles. The van der Waals surface area contributed by atoms with Crippen LogP contribution in [0.3, 0.4) is 0 Å². The van der Waals surface area contributed by atoms with Crippen LogP contribution in [0.1, 0.15) is 5.56 Å². The van der Waals surface area contributed by atoms with Gasteiger partial charge in [0.15, 0.2) is 6.04 Å². The molecular weight excluding hydrogens is 196 g/mol. The molecule has 76 valence electrons. The highest BCUT2D eigenvalue weighted by molar-refractivity contribution is 5.79. The zero-order valence-corrected chi connectivity index (χ0v) is 7.73. The Labute approximate surface area is 85.9 Å². The Balaban J connectivity index is 2.32. The van der Waals surface area contributed by atoms with Crippen LogP contribution in [-0.2, 0) is 4.79 Å². The number of rotatable bonds is 1. The van der Waals surface area contributed by atoms with E-state index in [-0.39, 0.29) is 6.61 Å². The summed E-state index contributed by atoms with van der Waals surface area (Å²) in [6.07, 6.45) is 0. The average molecular weight is 204 g/mol. The Kier molecular flexibility index (Phi) is 2.18. The molecule has 1 unspecified atom stereocenters. The lowest BCUT2D eigenvalue weighted by atomic mass is 10.1. The third-order valence-corrected chi connectivity index (χ3v) is 2.14. The van der Waals surface area contributed by atoms with Gasteiger partial charge in [-0.05, 0) is 18.2 Å². The normalized spacial score (nSPS) is 17.9. The molecule has 0 fully saturated rings. The first-order valence-electron chi connectivity index (χ1n) is 4.37. The molecule has 0 saturated heterocycles.